The van der Waals surface area contributed by atoms with Crippen LogP contribution in [-0.2, 0) is 46.7 Å². The number of rotatable bonds is 27. The van der Waals surface area contributed by atoms with Gasteiger partial charge in [0.05, 0.1) is 42.8 Å². The van der Waals surface area contributed by atoms with E-state index in [2.05, 4.69) is 16.0 Å². The highest BCUT2D eigenvalue weighted by molar-refractivity contribution is 6.00. The Morgan fingerprint density at radius 2 is 1.44 bits per heavy atom. The van der Waals surface area contributed by atoms with Gasteiger partial charge in [0.2, 0.25) is 12.3 Å². The van der Waals surface area contributed by atoms with E-state index in [4.69, 9.17) is 23.5 Å². The fraction of sp³-hybridized carbons (Fsp3) is 0.291. The van der Waals surface area contributed by atoms with Gasteiger partial charge in [-0.05, 0) is 85.5 Å². The number of unbranched alkanes of at least 4 members (excludes halogenated alkanes) is 2. The van der Waals surface area contributed by atoms with Crippen molar-refractivity contribution < 1.29 is 57.0 Å². The predicted octanol–water partition coefficient (Wildman–Crippen LogP) is 8.12. The number of aromatic nitrogens is 1. The number of nitrogens with zero attached hydrogens (tertiary/aromatic N) is 2. The monoisotopic (exact) mass is 981 g/mol. The Labute approximate surface area is 417 Å². The average molecular weight is 982 g/mol. The molecule has 0 saturated heterocycles. The highest BCUT2D eigenvalue weighted by atomic mass is 16.7. The first kappa shape index (κ1) is 52.9. The van der Waals surface area contributed by atoms with Gasteiger partial charge in [-0.1, -0.05) is 106 Å². The maximum Gasteiger partial charge on any atom is 0.363 e. The molecule has 0 fully saturated rings. The number of benzene rings is 4. The fourth-order valence-electron chi connectivity index (χ4n) is 7.78. The third-order valence-electron chi connectivity index (χ3n) is 11.5. The lowest BCUT2D eigenvalue weighted by Crippen LogP contribution is -2.49. The number of carbonyl (C=O) groups excluding carboxylic acids is 7. The number of hydroxylamine groups is 2. The zero-order valence-electron chi connectivity index (χ0n) is 40.5. The number of nitrogens with one attached hydrogen (secondary N) is 3. The van der Waals surface area contributed by atoms with Crippen LogP contribution in [0, 0.1) is 5.92 Å². The van der Waals surface area contributed by atoms with Gasteiger partial charge in [-0.15, -0.1) is 0 Å². The van der Waals surface area contributed by atoms with Crippen molar-refractivity contribution in [3.8, 4) is 22.8 Å². The molecule has 0 aliphatic carbocycles. The van der Waals surface area contributed by atoms with E-state index in [1.807, 2.05) is 54.2 Å². The first-order chi connectivity index (χ1) is 35.0. The summed E-state index contributed by atoms with van der Waals surface area (Å²) in [6, 6.07) is 33.8. The molecule has 0 bridgehead atoms. The normalized spacial score (nSPS) is 12.0. The summed E-state index contributed by atoms with van der Waals surface area (Å²) in [5.74, 6) is -4.65. The molecule has 0 saturated carbocycles. The van der Waals surface area contributed by atoms with Crippen molar-refractivity contribution in [3.05, 3.63) is 168 Å². The van der Waals surface area contributed by atoms with Crippen LogP contribution in [0.15, 0.2) is 144 Å². The summed E-state index contributed by atoms with van der Waals surface area (Å²) in [5.41, 5.74) is 2.89. The average Bonchev–Trinajstić information content (AvgIpc) is 4.14. The van der Waals surface area contributed by atoms with Gasteiger partial charge in [0.25, 0.3) is 11.8 Å². The lowest BCUT2D eigenvalue weighted by molar-refractivity contribution is -0.171. The summed E-state index contributed by atoms with van der Waals surface area (Å²) in [7, 11) is 0. The molecule has 0 radical (unpaired) electrons. The molecule has 17 nitrogen and oxygen atoms in total. The summed E-state index contributed by atoms with van der Waals surface area (Å²) in [5, 5.41) is 8.89. The van der Waals surface area contributed by atoms with Gasteiger partial charge in [0.1, 0.15) is 30.8 Å². The van der Waals surface area contributed by atoms with Crippen molar-refractivity contribution in [1.29, 1.82) is 0 Å². The molecule has 3 atom stereocenters. The molecule has 6 aromatic rings. The lowest BCUT2D eigenvalue weighted by atomic mass is 9.90. The number of hydrogen-bond donors (Lipinski definition) is 3. The maximum atomic E-state index is 13.8. The van der Waals surface area contributed by atoms with E-state index in [9.17, 15) is 33.6 Å². The first-order valence-electron chi connectivity index (χ1n) is 23.8. The highest BCUT2D eigenvalue weighted by Gasteiger charge is 2.34. The number of ether oxygens (including phenoxy) is 3. The molecule has 0 unspecified atom stereocenters. The Hall–Kier alpha value is -8.47. The van der Waals surface area contributed by atoms with Gasteiger partial charge < -0.3 is 44.0 Å². The topological polar surface area (TPSA) is 214 Å². The zero-order chi connectivity index (χ0) is 51.2. The van der Waals surface area contributed by atoms with E-state index in [0.717, 1.165) is 29.2 Å². The van der Waals surface area contributed by atoms with Crippen LogP contribution in [0.5, 0.6) is 5.75 Å². The van der Waals surface area contributed by atoms with Crippen LogP contribution >= 0.6 is 0 Å². The van der Waals surface area contributed by atoms with E-state index in [1.54, 1.807) is 98.8 Å². The Kier molecular flexibility index (Phi) is 19.9. The van der Waals surface area contributed by atoms with Crippen molar-refractivity contribution in [2.75, 3.05) is 13.3 Å². The van der Waals surface area contributed by atoms with Crippen molar-refractivity contribution in [3.63, 3.8) is 0 Å². The predicted molar refractivity (Wildman–Crippen MR) is 265 cm³/mol. The van der Waals surface area contributed by atoms with Crippen molar-refractivity contribution in [2.24, 2.45) is 5.92 Å². The number of amides is 4. The van der Waals surface area contributed by atoms with E-state index in [0.29, 0.717) is 30.4 Å². The smallest absolute Gasteiger partial charge is 0.363 e. The van der Waals surface area contributed by atoms with Crippen LogP contribution in [0.4, 0.5) is 0 Å². The Morgan fingerprint density at radius 3 is 2.11 bits per heavy atom. The molecule has 0 aliphatic rings. The molecule has 2 aromatic heterocycles. The minimum atomic E-state index is -1.41. The second-order valence-electron chi connectivity index (χ2n) is 16.6. The van der Waals surface area contributed by atoms with Crippen LogP contribution in [0.3, 0.4) is 0 Å². The van der Waals surface area contributed by atoms with Crippen LogP contribution in [0.1, 0.15) is 102 Å². The lowest BCUT2D eigenvalue weighted by Gasteiger charge is -2.31. The Morgan fingerprint density at radius 1 is 0.736 bits per heavy atom. The molecule has 4 amide bonds. The zero-order valence-corrected chi connectivity index (χ0v) is 40.5. The van der Waals surface area contributed by atoms with Crippen LogP contribution < -0.4 is 20.7 Å². The molecule has 6 rings (SSSR count). The van der Waals surface area contributed by atoms with Gasteiger partial charge >= 0.3 is 17.9 Å². The summed E-state index contributed by atoms with van der Waals surface area (Å²) < 4.78 is 24.5. The minimum absolute atomic E-state index is 0.0295. The van der Waals surface area contributed by atoms with Crippen molar-refractivity contribution in [2.45, 2.75) is 84.6 Å². The third kappa shape index (κ3) is 15.0. The SMILES string of the molecule is CCCCC[C@@H](C(=O)NCNC(=O)c1ccc(-c2ccc(C(=O)N[C@@H](CC(=O)OCc3ccccc3)C(=O)OCc3ccccc3)c(OCC)c2)o1)[C@@H](CC)N(C=O)OC(=O)c1cccc(-n2cccc2)c1. The second kappa shape index (κ2) is 27.1. The largest absolute Gasteiger partial charge is 0.493 e. The van der Waals surface area contributed by atoms with Crippen LogP contribution in [0.2, 0.25) is 0 Å². The number of carbonyl (C=O) groups is 7. The van der Waals surface area contributed by atoms with Gasteiger partial charge in [0, 0.05) is 23.6 Å². The van der Waals surface area contributed by atoms with Gasteiger partial charge in [-0.25, -0.2) is 9.59 Å². The first-order valence-corrected chi connectivity index (χ1v) is 23.8. The van der Waals surface area contributed by atoms with Crippen molar-refractivity contribution in [1.82, 2.24) is 25.6 Å². The number of furan rings is 1. The Balaban J connectivity index is 1.08. The molecular formula is C55H59N5O12. The molecule has 2 heterocycles. The Bertz CT molecular complexity index is 2740. The summed E-state index contributed by atoms with van der Waals surface area (Å²) in [4.78, 5) is 98.7. The third-order valence-corrected chi connectivity index (χ3v) is 11.5. The summed E-state index contributed by atoms with van der Waals surface area (Å²) >= 11 is 0. The molecule has 3 N–H and O–H groups in total. The van der Waals surface area contributed by atoms with Crippen LogP contribution in [-0.4, -0.2) is 77.0 Å². The minimum Gasteiger partial charge on any atom is -0.493 e. The molecule has 72 heavy (non-hydrogen) atoms. The quantitative estimate of drug-likeness (QED) is 0.0147. The maximum absolute atomic E-state index is 13.8. The molecule has 4 aromatic carbocycles. The molecular weight excluding hydrogens is 923 g/mol. The van der Waals surface area contributed by atoms with Gasteiger partial charge in [-0.3, -0.25) is 24.0 Å². The highest BCUT2D eigenvalue weighted by Crippen LogP contribution is 2.30. The van der Waals surface area contributed by atoms with E-state index < -0.39 is 60.1 Å². The molecule has 0 spiro atoms. The van der Waals surface area contributed by atoms with Gasteiger partial charge in [0.15, 0.2) is 5.76 Å². The second-order valence-corrected chi connectivity index (χ2v) is 16.6. The number of esters is 2. The van der Waals surface area contributed by atoms with Gasteiger partial charge in [-0.2, -0.15) is 5.06 Å². The standard InChI is InChI=1S/C55H59N5O12/c1-4-7-10-24-43(46(5-2)60(37-61)72-54(66)41-22-17-23-42(31-41)59-29-15-16-30-59)51(63)56-36-57-53(65)48-28-27-47(71-48)40-25-26-44(49(32-40)68-6-3)52(64)58-45(55(67)70-35-39-20-13-9-14-21-39)33-50(62)69-34-38-18-11-8-12-19-38/h8-9,11-23,25-32,37,43,45-46H,4-7,10,24,33-36H2,1-3H3,(H,56,63)(H,57,65)(H,58,64)/t43-,45+,46-/m1/s1. The van der Waals surface area contributed by atoms with E-state index in [1.165, 1.54) is 12.1 Å². The van der Waals surface area contributed by atoms with Crippen LogP contribution in [0.25, 0.3) is 17.0 Å². The number of hydrogen-bond acceptors (Lipinski definition) is 12. The molecule has 0 aliphatic heterocycles. The van der Waals surface area contributed by atoms with E-state index >= 15 is 0 Å². The summed E-state index contributed by atoms with van der Waals surface area (Å²) in [6.07, 6.45) is 6.60. The summed E-state index contributed by atoms with van der Waals surface area (Å²) in [6.45, 7) is 5.30. The van der Waals surface area contributed by atoms with E-state index in [-0.39, 0.29) is 61.3 Å². The molecule has 17 heteroatoms. The fourth-order valence-corrected chi connectivity index (χ4v) is 7.78. The molecule has 376 valence electrons. The van der Waals surface area contributed by atoms with Crippen molar-refractivity contribution >= 4 is 42.0 Å².